The van der Waals surface area contributed by atoms with Crippen LogP contribution in [0.4, 0.5) is 5.82 Å². The van der Waals surface area contributed by atoms with Crippen LogP contribution >= 0.6 is 0 Å². The van der Waals surface area contributed by atoms with Gasteiger partial charge in [-0.2, -0.15) is 8.42 Å². The van der Waals surface area contributed by atoms with Crippen molar-refractivity contribution in [3.63, 3.8) is 0 Å². The second kappa shape index (κ2) is 9.41. The van der Waals surface area contributed by atoms with E-state index in [1.807, 2.05) is 12.1 Å². The molecule has 3 N–H and O–H groups in total. The number of nitrogens with zero attached hydrogens (tertiary/aromatic N) is 4. The molecule has 1 saturated heterocycles. The maximum atomic E-state index is 12.4. The fourth-order valence-electron chi connectivity index (χ4n) is 3.46. The molecule has 1 amide bonds. The van der Waals surface area contributed by atoms with Gasteiger partial charge in [0.25, 0.3) is 10.2 Å². The summed E-state index contributed by atoms with van der Waals surface area (Å²) < 4.78 is 34.8. The van der Waals surface area contributed by atoms with Gasteiger partial charge in [-0.1, -0.05) is 0 Å². The number of nitrogens with one attached hydrogen (secondary N) is 1. The summed E-state index contributed by atoms with van der Waals surface area (Å²) in [5.41, 5.74) is 0.740. The number of nitrogens with two attached hydrogens (primary N) is 1. The van der Waals surface area contributed by atoms with Gasteiger partial charge in [-0.05, 0) is 12.5 Å². The van der Waals surface area contributed by atoms with E-state index in [0.29, 0.717) is 31.1 Å². The van der Waals surface area contributed by atoms with Crippen molar-refractivity contribution in [1.82, 2.24) is 19.6 Å². The molecule has 0 aliphatic carbocycles. The number of anilines is 1. The molecule has 1 aliphatic rings. The molecular weight excluding hydrogens is 412 g/mol. The molecule has 12 heteroatoms. The Morgan fingerprint density at radius 2 is 1.87 bits per heavy atom. The molecule has 0 saturated carbocycles. The Bertz CT molecular complexity index is 1020. The summed E-state index contributed by atoms with van der Waals surface area (Å²) in [4.78, 5) is 25.1. The molecule has 30 heavy (non-hydrogen) atoms. The van der Waals surface area contributed by atoms with Gasteiger partial charge in [0, 0.05) is 50.6 Å². The SMILES string of the molecule is COc1cc2ncnc(N3CCCN(C(=O)CCNS(N)(=O)=O)CC3)c2cc1OC. The fraction of sp³-hybridized carbons (Fsp3) is 0.500. The van der Waals surface area contributed by atoms with E-state index in [1.165, 1.54) is 6.33 Å². The molecular formula is C18H26N6O5S. The van der Waals surface area contributed by atoms with Gasteiger partial charge in [-0.3, -0.25) is 4.79 Å². The van der Waals surface area contributed by atoms with Crippen molar-refractivity contribution >= 4 is 32.8 Å². The van der Waals surface area contributed by atoms with Crippen LogP contribution in [-0.2, 0) is 15.0 Å². The standard InChI is InChI=1S/C18H26N6O5S/c1-28-15-10-13-14(11-16(15)29-2)20-12-21-18(13)24-7-3-6-23(8-9-24)17(25)4-5-22-30(19,26)27/h10-12,22H,3-9H2,1-2H3,(H2,19,26,27). The summed E-state index contributed by atoms with van der Waals surface area (Å²) in [6.45, 7) is 2.39. The summed E-state index contributed by atoms with van der Waals surface area (Å²) in [6, 6.07) is 3.67. The Labute approximate surface area is 175 Å². The average molecular weight is 439 g/mol. The smallest absolute Gasteiger partial charge is 0.274 e. The molecule has 1 aromatic heterocycles. The van der Waals surface area contributed by atoms with Gasteiger partial charge in [0.1, 0.15) is 12.1 Å². The highest BCUT2D eigenvalue weighted by Gasteiger charge is 2.22. The van der Waals surface area contributed by atoms with Crippen LogP contribution in [0.3, 0.4) is 0 Å². The minimum absolute atomic E-state index is 0.0178. The number of aromatic nitrogens is 2. The predicted octanol–water partition coefficient (Wildman–Crippen LogP) is -0.131. The number of amides is 1. The topological polar surface area (TPSA) is 140 Å². The molecule has 164 valence electrons. The molecule has 0 bridgehead atoms. The maximum absolute atomic E-state index is 12.4. The van der Waals surface area contributed by atoms with E-state index in [2.05, 4.69) is 19.6 Å². The van der Waals surface area contributed by atoms with Gasteiger partial charge in [-0.15, -0.1) is 0 Å². The van der Waals surface area contributed by atoms with Gasteiger partial charge in [0.05, 0.1) is 19.7 Å². The van der Waals surface area contributed by atoms with Crippen LogP contribution in [0.5, 0.6) is 11.5 Å². The van der Waals surface area contributed by atoms with Crippen LogP contribution in [-0.4, -0.2) is 76.1 Å². The van der Waals surface area contributed by atoms with Crippen molar-refractivity contribution < 1.29 is 22.7 Å². The zero-order valence-corrected chi connectivity index (χ0v) is 17.8. The third kappa shape index (κ3) is 5.26. The zero-order chi connectivity index (χ0) is 21.7. The maximum Gasteiger partial charge on any atom is 0.274 e. The Kier molecular flexibility index (Phi) is 6.90. The number of hydrogen-bond acceptors (Lipinski definition) is 8. The van der Waals surface area contributed by atoms with Gasteiger partial charge in [-0.25, -0.2) is 19.8 Å². The Hall–Kier alpha value is -2.70. The molecule has 0 spiro atoms. The minimum atomic E-state index is -3.80. The van der Waals surface area contributed by atoms with E-state index in [0.717, 1.165) is 29.7 Å². The molecule has 3 rings (SSSR count). The highest BCUT2D eigenvalue weighted by Crippen LogP contribution is 2.34. The third-order valence-electron chi connectivity index (χ3n) is 4.91. The Morgan fingerprint density at radius 1 is 1.13 bits per heavy atom. The largest absolute Gasteiger partial charge is 0.493 e. The van der Waals surface area contributed by atoms with Crippen molar-refractivity contribution in [1.29, 1.82) is 0 Å². The lowest BCUT2D eigenvalue weighted by molar-refractivity contribution is -0.130. The minimum Gasteiger partial charge on any atom is -0.493 e. The molecule has 1 fully saturated rings. The number of carbonyl (C=O) groups excluding carboxylic acids is 1. The molecule has 0 radical (unpaired) electrons. The van der Waals surface area contributed by atoms with Gasteiger partial charge < -0.3 is 19.3 Å². The van der Waals surface area contributed by atoms with Crippen molar-refractivity contribution in [3.8, 4) is 11.5 Å². The highest BCUT2D eigenvalue weighted by molar-refractivity contribution is 7.87. The second-order valence-electron chi connectivity index (χ2n) is 6.83. The summed E-state index contributed by atoms with van der Waals surface area (Å²) in [7, 11) is -0.646. The number of rotatable bonds is 7. The van der Waals surface area contributed by atoms with Crippen LogP contribution in [0.1, 0.15) is 12.8 Å². The van der Waals surface area contributed by atoms with E-state index < -0.39 is 10.2 Å². The first-order chi connectivity index (χ1) is 14.3. The Morgan fingerprint density at radius 3 is 2.57 bits per heavy atom. The second-order valence-corrected chi connectivity index (χ2v) is 8.21. The average Bonchev–Trinajstić information content (AvgIpc) is 2.97. The first kappa shape index (κ1) is 22.0. The molecule has 2 heterocycles. The summed E-state index contributed by atoms with van der Waals surface area (Å²) in [6.07, 6.45) is 2.33. The van der Waals surface area contributed by atoms with Gasteiger partial charge in [0.15, 0.2) is 11.5 Å². The Balaban J connectivity index is 1.73. The lowest BCUT2D eigenvalue weighted by atomic mass is 10.2. The molecule has 0 unspecified atom stereocenters. The van der Waals surface area contributed by atoms with Crippen molar-refractivity contribution in [2.45, 2.75) is 12.8 Å². The first-order valence-electron chi connectivity index (χ1n) is 9.49. The van der Waals surface area contributed by atoms with Gasteiger partial charge in [0.2, 0.25) is 5.91 Å². The zero-order valence-electron chi connectivity index (χ0n) is 17.0. The highest BCUT2D eigenvalue weighted by atomic mass is 32.2. The fourth-order valence-corrected chi connectivity index (χ4v) is 3.85. The summed E-state index contributed by atoms with van der Waals surface area (Å²) >= 11 is 0. The van der Waals surface area contributed by atoms with E-state index in [1.54, 1.807) is 19.1 Å². The van der Waals surface area contributed by atoms with E-state index in [9.17, 15) is 13.2 Å². The quantitative estimate of drug-likeness (QED) is 0.609. The normalized spacial score (nSPS) is 15.2. The van der Waals surface area contributed by atoms with Crippen LogP contribution in [0.2, 0.25) is 0 Å². The number of carbonyl (C=O) groups is 1. The van der Waals surface area contributed by atoms with Gasteiger partial charge >= 0.3 is 0 Å². The summed E-state index contributed by atoms with van der Waals surface area (Å²) in [5.74, 6) is 1.84. The van der Waals surface area contributed by atoms with Crippen molar-refractivity contribution in [2.75, 3.05) is 51.8 Å². The van der Waals surface area contributed by atoms with Crippen molar-refractivity contribution in [2.24, 2.45) is 5.14 Å². The van der Waals surface area contributed by atoms with E-state index >= 15 is 0 Å². The molecule has 11 nitrogen and oxygen atoms in total. The monoisotopic (exact) mass is 438 g/mol. The molecule has 2 aromatic rings. The van der Waals surface area contributed by atoms with Crippen LogP contribution in [0.25, 0.3) is 10.9 Å². The first-order valence-corrected chi connectivity index (χ1v) is 11.0. The lowest BCUT2D eigenvalue weighted by Gasteiger charge is -2.24. The molecule has 0 atom stereocenters. The number of hydrogen-bond donors (Lipinski definition) is 2. The number of methoxy groups -OCH3 is 2. The molecule has 1 aliphatic heterocycles. The predicted molar refractivity (Wildman–Crippen MR) is 112 cm³/mol. The van der Waals surface area contributed by atoms with E-state index in [-0.39, 0.29) is 18.9 Å². The summed E-state index contributed by atoms with van der Waals surface area (Å²) in [5, 5.41) is 5.73. The van der Waals surface area contributed by atoms with Crippen molar-refractivity contribution in [3.05, 3.63) is 18.5 Å². The van der Waals surface area contributed by atoms with E-state index in [4.69, 9.17) is 14.6 Å². The van der Waals surface area contributed by atoms with Crippen LogP contribution in [0, 0.1) is 0 Å². The van der Waals surface area contributed by atoms with Crippen LogP contribution < -0.4 is 24.2 Å². The van der Waals surface area contributed by atoms with Crippen LogP contribution in [0.15, 0.2) is 18.5 Å². The lowest BCUT2D eigenvalue weighted by Crippen LogP contribution is -2.38. The number of benzene rings is 1. The number of ether oxygens (including phenoxy) is 2. The third-order valence-corrected chi connectivity index (χ3v) is 5.52. The molecule has 1 aromatic carbocycles. The number of fused-ring (bicyclic) bond motifs is 1.